The number of aliphatic hydroxyl groups excluding tert-OH is 11. The fourth-order valence-electron chi connectivity index (χ4n) is 15.0. The molecule has 0 aromatic rings. The molecule has 0 aromatic carbocycles. The summed E-state index contributed by atoms with van der Waals surface area (Å²) in [5.74, 6) is -0.278. The summed E-state index contributed by atoms with van der Waals surface area (Å²) in [5, 5.41) is 121. The summed E-state index contributed by atoms with van der Waals surface area (Å²) in [6.45, 7) is 1.77. The molecule has 17 unspecified atom stereocenters. The van der Waals surface area contributed by atoms with Crippen LogP contribution in [0.2, 0.25) is 0 Å². The van der Waals surface area contributed by atoms with Crippen LogP contribution >= 0.6 is 0 Å². The van der Waals surface area contributed by atoms with Crippen molar-refractivity contribution >= 4 is 5.91 Å². The van der Waals surface area contributed by atoms with Gasteiger partial charge in [0.15, 0.2) is 18.9 Å². The number of carbonyl (C=O) groups is 1. The van der Waals surface area contributed by atoms with Gasteiger partial charge in [-0.1, -0.05) is 351 Å². The lowest BCUT2D eigenvalue weighted by atomic mass is 9.96. The third-order valence-electron chi connectivity index (χ3n) is 22.1. The molecule has 3 rings (SSSR count). The summed E-state index contributed by atoms with van der Waals surface area (Å²) < 4.78 is 34.5. The van der Waals surface area contributed by atoms with E-state index in [1.807, 2.05) is 6.08 Å². The Balaban J connectivity index is 1.34. The Hall–Kier alpha value is -2.25. The first kappa shape index (κ1) is 98.9. The molecule has 3 aliphatic heterocycles. The van der Waals surface area contributed by atoms with Crippen molar-refractivity contribution < 1.29 is 89.4 Å². The minimum absolute atomic E-state index is 0.238. The highest BCUT2D eigenvalue weighted by atomic mass is 16.8. The van der Waals surface area contributed by atoms with E-state index in [1.54, 1.807) is 6.08 Å². The van der Waals surface area contributed by atoms with Crippen LogP contribution in [0.15, 0.2) is 48.6 Å². The van der Waals surface area contributed by atoms with E-state index in [0.717, 1.165) is 44.9 Å². The van der Waals surface area contributed by atoms with Crippen LogP contribution in [0.1, 0.15) is 373 Å². The van der Waals surface area contributed by atoms with Crippen molar-refractivity contribution in [2.24, 2.45) is 0 Å². The van der Waals surface area contributed by atoms with Gasteiger partial charge in [-0.15, -0.1) is 0 Å². The Morgan fingerprint density at radius 2 is 0.626 bits per heavy atom. The quantitative estimate of drug-likeness (QED) is 0.0199. The van der Waals surface area contributed by atoms with Crippen LogP contribution in [0.3, 0.4) is 0 Å². The lowest BCUT2D eigenvalue weighted by Crippen LogP contribution is -2.66. The second kappa shape index (κ2) is 68.2. The van der Waals surface area contributed by atoms with Crippen molar-refractivity contribution in [2.45, 2.75) is 478 Å². The van der Waals surface area contributed by atoms with Crippen molar-refractivity contribution in [3.63, 3.8) is 0 Å². The SMILES string of the molecule is CCCCCCC/C=C\C/C=C\CCCCCCCCCCCCCCCCCCCCCCCC(=O)NC(COC1OC(CO)C(OC2OC(CO)C(OC3OC(CO)C(O)C(O)C3O)C(O)C2O)C(O)C1O)C(O)/C=C/CC/C=C/CCCCCCCCCCCCCCCCCCCCCCCCC. The molecule has 1 amide bonds. The molecule has 19 nitrogen and oxygen atoms in total. The van der Waals surface area contributed by atoms with Gasteiger partial charge in [-0.05, 0) is 64.2 Å². The van der Waals surface area contributed by atoms with E-state index in [2.05, 4.69) is 55.6 Å². The number of hydrogen-bond donors (Lipinski definition) is 12. The zero-order valence-electron chi connectivity index (χ0n) is 67.6. The molecular weight excluding hydrogens is 1360 g/mol. The van der Waals surface area contributed by atoms with Crippen molar-refractivity contribution in [3.05, 3.63) is 48.6 Å². The Morgan fingerprint density at radius 3 is 0.991 bits per heavy atom. The predicted molar refractivity (Wildman–Crippen MR) is 429 cm³/mol. The average Bonchev–Trinajstić information content (AvgIpc) is 0.782. The fourth-order valence-corrected chi connectivity index (χ4v) is 15.0. The smallest absolute Gasteiger partial charge is 0.220 e. The predicted octanol–water partition coefficient (Wildman–Crippen LogP) is 16.4. The molecule has 3 saturated heterocycles. The minimum Gasteiger partial charge on any atom is -0.394 e. The number of hydrogen-bond acceptors (Lipinski definition) is 18. The summed E-state index contributed by atoms with van der Waals surface area (Å²) in [7, 11) is 0. The van der Waals surface area contributed by atoms with E-state index in [0.29, 0.717) is 12.8 Å². The zero-order valence-corrected chi connectivity index (χ0v) is 67.6. The summed E-state index contributed by atoms with van der Waals surface area (Å²) in [6, 6.07) is -0.992. The zero-order chi connectivity index (χ0) is 77.4. The van der Waals surface area contributed by atoms with E-state index in [9.17, 15) is 61.0 Å². The molecule has 0 spiro atoms. The molecule has 3 heterocycles. The van der Waals surface area contributed by atoms with E-state index in [-0.39, 0.29) is 18.9 Å². The number of nitrogens with one attached hydrogen (secondary N) is 1. The van der Waals surface area contributed by atoms with Crippen LogP contribution in [0.25, 0.3) is 0 Å². The number of amides is 1. The van der Waals surface area contributed by atoms with Gasteiger partial charge < -0.3 is 89.9 Å². The topological polar surface area (TPSA) is 307 Å². The molecule has 0 aliphatic carbocycles. The van der Waals surface area contributed by atoms with E-state index >= 15 is 0 Å². The first-order valence-corrected chi connectivity index (χ1v) is 44.4. The van der Waals surface area contributed by atoms with Crippen molar-refractivity contribution in [3.8, 4) is 0 Å². The van der Waals surface area contributed by atoms with Crippen LogP contribution in [0.5, 0.6) is 0 Å². The van der Waals surface area contributed by atoms with Gasteiger partial charge in [-0.25, -0.2) is 0 Å². The summed E-state index contributed by atoms with van der Waals surface area (Å²) >= 11 is 0. The summed E-state index contributed by atoms with van der Waals surface area (Å²) in [4.78, 5) is 13.5. The molecule has 3 aliphatic rings. The monoisotopic (exact) mass is 1520 g/mol. The van der Waals surface area contributed by atoms with Crippen molar-refractivity contribution in [1.82, 2.24) is 5.32 Å². The largest absolute Gasteiger partial charge is 0.394 e. The Kier molecular flexibility index (Phi) is 63.0. The molecule has 19 heteroatoms. The molecule has 0 aromatic heterocycles. The Labute approximate surface area is 650 Å². The van der Waals surface area contributed by atoms with Gasteiger partial charge in [0.2, 0.25) is 5.91 Å². The molecular formula is C88H163NO18. The van der Waals surface area contributed by atoms with Gasteiger partial charge in [0.25, 0.3) is 0 Å². The van der Waals surface area contributed by atoms with E-state index < -0.39 is 124 Å². The molecule has 17 atom stereocenters. The first-order chi connectivity index (χ1) is 52.3. The molecule has 107 heavy (non-hydrogen) atoms. The van der Waals surface area contributed by atoms with Gasteiger partial charge in [0.1, 0.15) is 73.2 Å². The van der Waals surface area contributed by atoms with Crippen LogP contribution in [0.4, 0.5) is 0 Å². The fraction of sp³-hybridized carbons (Fsp3) is 0.898. The van der Waals surface area contributed by atoms with Gasteiger partial charge in [-0.3, -0.25) is 4.79 Å². The number of unbranched alkanes of at least 4 members (excludes halogenated alkanes) is 50. The highest BCUT2D eigenvalue weighted by Gasteiger charge is 2.54. The standard InChI is InChI=1S/C88H163NO18/c1-3-5-7-9-11-13-15-17-19-21-23-25-27-29-31-33-34-35-36-38-40-42-44-46-48-50-52-54-56-58-60-62-64-66-76(94)89-71(72(93)65-63-61-59-57-55-53-51-49-47-45-43-41-39-37-32-30-28-26-24-22-20-18-16-14-12-10-8-6-4-2)70-102-86-82(100)79(97)84(74(68-91)104-86)107-88-83(101)80(98)85(75(69-92)105-88)106-87-81(99)78(96)77(95)73(67-90)103-87/h15,17,21,23,55,57,63,65,71-75,77-88,90-93,95-101H,3-14,16,18-20,22,24-54,56,58-62,64,66-70H2,1-2H3,(H,89,94)/b17-15-,23-21-,57-55+,65-63+. The summed E-state index contributed by atoms with van der Waals surface area (Å²) in [5.41, 5.74) is 0. The van der Waals surface area contributed by atoms with Crippen LogP contribution in [-0.2, 0) is 33.2 Å². The molecule has 0 radical (unpaired) electrons. The van der Waals surface area contributed by atoms with Crippen LogP contribution in [-0.4, -0.2) is 193 Å². The Bertz CT molecular complexity index is 2120. The van der Waals surface area contributed by atoms with E-state index in [4.69, 9.17) is 28.4 Å². The number of allylic oxidation sites excluding steroid dienone is 7. The highest BCUT2D eigenvalue weighted by Crippen LogP contribution is 2.34. The van der Waals surface area contributed by atoms with E-state index in [1.165, 1.54) is 295 Å². The molecule has 628 valence electrons. The molecule has 0 saturated carbocycles. The number of ether oxygens (including phenoxy) is 6. The minimum atomic E-state index is -1.98. The molecule has 0 bridgehead atoms. The normalized spacial score (nSPS) is 25.7. The summed E-state index contributed by atoms with van der Waals surface area (Å²) in [6.07, 6.45) is 61.2. The van der Waals surface area contributed by atoms with Gasteiger partial charge in [-0.2, -0.15) is 0 Å². The Morgan fingerprint density at radius 1 is 0.336 bits per heavy atom. The van der Waals surface area contributed by atoms with Crippen molar-refractivity contribution in [1.29, 1.82) is 0 Å². The third kappa shape index (κ3) is 47.3. The number of aliphatic hydroxyl groups is 11. The van der Waals surface area contributed by atoms with Crippen LogP contribution < -0.4 is 5.32 Å². The maximum Gasteiger partial charge on any atom is 0.220 e. The first-order valence-electron chi connectivity index (χ1n) is 44.4. The maximum absolute atomic E-state index is 13.5. The highest BCUT2D eigenvalue weighted by molar-refractivity contribution is 5.76. The van der Waals surface area contributed by atoms with Crippen molar-refractivity contribution in [2.75, 3.05) is 26.4 Å². The maximum atomic E-state index is 13.5. The van der Waals surface area contributed by atoms with Gasteiger partial charge in [0.05, 0.1) is 38.6 Å². The van der Waals surface area contributed by atoms with Crippen LogP contribution in [0, 0.1) is 0 Å². The second-order valence-electron chi connectivity index (χ2n) is 31.7. The molecule has 3 fully saturated rings. The lowest BCUT2D eigenvalue weighted by Gasteiger charge is -2.48. The second-order valence-corrected chi connectivity index (χ2v) is 31.7. The third-order valence-corrected chi connectivity index (χ3v) is 22.1. The number of rotatable bonds is 72. The van der Waals surface area contributed by atoms with Gasteiger partial charge in [0, 0.05) is 6.42 Å². The van der Waals surface area contributed by atoms with Gasteiger partial charge >= 0.3 is 0 Å². The molecule has 12 N–H and O–H groups in total. The number of carbonyl (C=O) groups excluding carboxylic acids is 1. The lowest BCUT2D eigenvalue weighted by molar-refractivity contribution is -0.379. The average molecular weight is 1520 g/mol.